The Morgan fingerprint density at radius 3 is 2.79 bits per heavy atom. The van der Waals surface area contributed by atoms with E-state index in [0.717, 1.165) is 23.7 Å². The van der Waals surface area contributed by atoms with Crippen LogP contribution in [0.5, 0.6) is 0 Å². The molecule has 4 saturated carbocycles. The van der Waals surface area contributed by atoms with Crippen LogP contribution >= 0.6 is 0 Å². The molecule has 0 bridgehead atoms. The quantitative estimate of drug-likeness (QED) is 0.664. The van der Waals surface area contributed by atoms with E-state index in [2.05, 4.69) is 18.1 Å². The smallest absolute Gasteiger partial charge is 0.124 e. The van der Waals surface area contributed by atoms with Gasteiger partial charge in [-0.3, -0.25) is 0 Å². The van der Waals surface area contributed by atoms with Crippen molar-refractivity contribution in [3.05, 3.63) is 18.0 Å². The zero-order chi connectivity index (χ0) is 16.2. The molecule has 0 spiro atoms. The van der Waals surface area contributed by atoms with Gasteiger partial charge in [0.05, 0.1) is 5.69 Å². The van der Waals surface area contributed by atoms with Crippen molar-refractivity contribution in [3.8, 4) is 0 Å². The number of aromatic nitrogens is 1. The van der Waals surface area contributed by atoms with Gasteiger partial charge in [0.2, 0.25) is 0 Å². The molecule has 4 aliphatic carbocycles. The van der Waals surface area contributed by atoms with Gasteiger partial charge in [-0.1, -0.05) is 37.8 Å². The molecule has 24 heavy (non-hydrogen) atoms. The van der Waals surface area contributed by atoms with E-state index >= 15 is 0 Å². The van der Waals surface area contributed by atoms with E-state index in [1.807, 2.05) is 0 Å². The topological polar surface area (TPSA) is 26.0 Å². The third-order valence-electron chi connectivity index (χ3n) is 9.16. The van der Waals surface area contributed by atoms with E-state index in [4.69, 9.17) is 4.52 Å². The predicted octanol–water partition coefficient (Wildman–Crippen LogP) is 6.02. The van der Waals surface area contributed by atoms with E-state index in [1.54, 1.807) is 6.26 Å². The van der Waals surface area contributed by atoms with Crippen molar-refractivity contribution in [2.24, 2.45) is 34.5 Å². The molecule has 0 amide bonds. The molecular weight excluding hydrogens is 294 g/mol. The second kappa shape index (κ2) is 5.61. The van der Waals surface area contributed by atoms with Crippen LogP contribution in [0.1, 0.15) is 83.2 Å². The van der Waals surface area contributed by atoms with Crippen LogP contribution in [0.3, 0.4) is 0 Å². The zero-order valence-corrected chi connectivity index (χ0v) is 15.3. The largest absolute Gasteiger partial charge is 0.365 e. The predicted molar refractivity (Wildman–Crippen MR) is 95.5 cm³/mol. The minimum Gasteiger partial charge on any atom is -0.365 e. The first-order valence-corrected chi connectivity index (χ1v) is 10.6. The first-order chi connectivity index (χ1) is 11.7. The molecule has 132 valence electrons. The fraction of sp³-hybridized carbons (Fsp3) is 0.864. The summed E-state index contributed by atoms with van der Waals surface area (Å²) < 4.78 is 5.21. The monoisotopic (exact) mass is 327 g/mol. The Morgan fingerprint density at radius 1 is 1.00 bits per heavy atom. The molecule has 0 N–H and O–H groups in total. The number of nitrogens with zero attached hydrogens (tertiary/aromatic N) is 1. The summed E-state index contributed by atoms with van der Waals surface area (Å²) in [5.41, 5.74) is 2.28. The molecular formula is C22H33NO. The lowest BCUT2D eigenvalue weighted by Gasteiger charge is -2.61. The van der Waals surface area contributed by atoms with Gasteiger partial charge in [-0.05, 0) is 85.9 Å². The van der Waals surface area contributed by atoms with E-state index in [9.17, 15) is 0 Å². The SMILES string of the molecule is C[C@@]12CCC[C@]1(Cc1ccon1)[C@@H]1CCC3CCCC[C@@H]3[C@H]1CC2. The fourth-order valence-electron chi connectivity index (χ4n) is 8.09. The molecule has 2 heteroatoms. The summed E-state index contributed by atoms with van der Waals surface area (Å²) in [7, 11) is 0. The lowest BCUT2D eigenvalue weighted by molar-refractivity contribution is -0.116. The van der Waals surface area contributed by atoms with E-state index < -0.39 is 0 Å². The van der Waals surface area contributed by atoms with Gasteiger partial charge in [-0.2, -0.15) is 0 Å². The molecule has 0 aromatic carbocycles. The van der Waals surface area contributed by atoms with Crippen molar-refractivity contribution in [2.75, 3.05) is 0 Å². The fourth-order valence-corrected chi connectivity index (χ4v) is 8.09. The van der Waals surface area contributed by atoms with Crippen molar-refractivity contribution in [3.63, 3.8) is 0 Å². The number of fused-ring (bicyclic) bond motifs is 5. The summed E-state index contributed by atoms with van der Waals surface area (Å²) in [6.45, 7) is 2.63. The minimum absolute atomic E-state index is 0.509. The van der Waals surface area contributed by atoms with Crippen LogP contribution in [-0.4, -0.2) is 5.16 Å². The summed E-state index contributed by atoms with van der Waals surface area (Å²) >= 11 is 0. The van der Waals surface area contributed by atoms with Crippen LogP contribution in [0.4, 0.5) is 0 Å². The van der Waals surface area contributed by atoms with E-state index in [0.29, 0.717) is 10.8 Å². The first-order valence-electron chi connectivity index (χ1n) is 10.6. The van der Waals surface area contributed by atoms with Gasteiger partial charge in [0.15, 0.2) is 0 Å². The van der Waals surface area contributed by atoms with Gasteiger partial charge in [-0.15, -0.1) is 0 Å². The van der Waals surface area contributed by atoms with Crippen molar-refractivity contribution in [1.29, 1.82) is 0 Å². The summed E-state index contributed by atoms with van der Waals surface area (Å²) in [5, 5.41) is 4.34. The van der Waals surface area contributed by atoms with Crippen molar-refractivity contribution in [2.45, 2.75) is 84.0 Å². The summed E-state index contributed by atoms with van der Waals surface area (Å²) in [5.74, 6) is 4.09. The lowest BCUT2D eigenvalue weighted by atomic mass is 9.44. The molecule has 1 unspecified atom stereocenters. The third-order valence-corrected chi connectivity index (χ3v) is 9.16. The average molecular weight is 328 g/mol. The highest BCUT2D eigenvalue weighted by atomic mass is 16.5. The highest BCUT2D eigenvalue weighted by Gasteiger charge is 2.62. The van der Waals surface area contributed by atoms with E-state index in [-0.39, 0.29) is 0 Å². The lowest BCUT2D eigenvalue weighted by Crippen LogP contribution is -2.54. The Labute approximate surface area is 146 Å². The van der Waals surface area contributed by atoms with Gasteiger partial charge in [-0.25, -0.2) is 0 Å². The van der Waals surface area contributed by atoms with Crippen LogP contribution in [-0.2, 0) is 6.42 Å². The molecule has 1 aromatic heterocycles. The maximum absolute atomic E-state index is 5.21. The maximum atomic E-state index is 5.21. The Bertz CT molecular complexity index is 581. The van der Waals surface area contributed by atoms with Crippen LogP contribution in [0.2, 0.25) is 0 Å². The van der Waals surface area contributed by atoms with Crippen LogP contribution < -0.4 is 0 Å². The van der Waals surface area contributed by atoms with Gasteiger partial charge < -0.3 is 4.52 Å². The van der Waals surface area contributed by atoms with Gasteiger partial charge in [0.25, 0.3) is 0 Å². The Kier molecular flexibility index (Phi) is 3.61. The Balaban J connectivity index is 1.51. The molecule has 0 radical (unpaired) electrons. The number of hydrogen-bond acceptors (Lipinski definition) is 2. The maximum Gasteiger partial charge on any atom is 0.124 e. The number of hydrogen-bond donors (Lipinski definition) is 0. The van der Waals surface area contributed by atoms with Gasteiger partial charge in [0.1, 0.15) is 6.26 Å². The highest BCUT2D eigenvalue weighted by Crippen LogP contribution is 2.69. The second-order valence-corrected chi connectivity index (χ2v) is 9.83. The van der Waals surface area contributed by atoms with Crippen LogP contribution in [0.15, 0.2) is 16.9 Å². The molecule has 1 aromatic rings. The summed E-state index contributed by atoms with van der Waals surface area (Å²) in [6, 6.07) is 2.13. The summed E-state index contributed by atoms with van der Waals surface area (Å²) in [6.07, 6.45) is 19.3. The van der Waals surface area contributed by atoms with Crippen LogP contribution in [0, 0.1) is 34.5 Å². The standard InChI is InChI=1S/C22H33NO/c1-21-11-4-12-22(21,15-17-10-14-24-23-17)20-8-7-16-5-2-3-6-18(16)19(20)9-13-21/h10,14,16,18-20H,2-9,11-13,15H2,1H3/t16?,18-,19+,20+,21-,22-/m0/s1. The molecule has 0 saturated heterocycles. The van der Waals surface area contributed by atoms with Crippen LogP contribution in [0.25, 0.3) is 0 Å². The molecule has 1 heterocycles. The Hall–Kier alpha value is -0.790. The minimum atomic E-state index is 0.509. The van der Waals surface area contributed by atoms with E-state index in [1.165, 1.54) is 82.7 Å². The van der Waals surface area contributed by atoms with Gasteiger partial charge in [0, 0.05) is 6.07 Å². The summed E-state index contributed by atoms with van der Waals surface area (Å²) in [4.78, 5) is 0. The highest BCUT2D eigenvalue weighted by molar-refractivity contribution is 5.15. The molecule has 4 aliphatic rings. The zero-order valence-electron chi connectivity index (χ0n) is 15.3. The third kappa shape index (κ3) is 2.10. The molecule has 2 nitrogen and oxygen atoms in total. The second-order valence-electron chi connectivity index (χ2n) is 9.83. The molecule has 4 fully saturated rings. The average Bonchev–Trinajstić information content (AvgIpc) is 3.22. The van der Waals surface area contributed by atoms with Crippen molar-refractivity contribution in [1.82, 2.24) is 5.16 Å². The normalized spacial score (nSPS) is 47.7. The first kappa shape index (κ1) is 15.5. The molecule has 5 rings (SSSR count). The van der Waals surface area contributed by atoms with Gasteiger partial charge >= 0.3 is 0 Å². The number of rotatable bonds is 2. The van der Waals surface area contributed by atoms with Crippen molar-refractivity contribution >= 4 is 0 Å². The van der Waals surface area contributed by atoms with Crippen molar-refractivity contribution < 1.29 is 4.52 Å². The molecule has 0 aliphatic heterocycles. The Morgan fingerprint density at radius 2 is 1.92 bits per heavy atom. The molecule has 6 atom stereocenters.